The molecule has 3 aromatic rings. The van der Waals surface area contributed by atoms with Crippen LogP contribution in [0.4, 0.5) is 4.79 Å². The highest BCUT2D eigenvalue weighted by Gasteiger charge is 2.24. The number of phenols is 1. The number of amides is 2. The highest BCUT2D eigenvalue weighted by molar-refractivity contribution is 6.37. The summed E-state index contributed by atoms with van der Waals surface area (Å²) >= 11 is 12.0. The van der Waals surface area contributed by atoms with Crippen LogP contribution < -0.4 is 15.4 Å². The van der Waals surface area contributed by atoms with Gasteiger partial charge in [-0.3, -0.25) is 15.4 Å². The van der Waals surface area contributed by atoms with E-state index in [1.807, 2.05) is 0 Å². The molecule has 0 fully saturated rings. The van der Waals surface area contributed by atoms with Crippen LogP contribution in [0.3, 0.4) is 0 Å². The lowest BCUT2D eigenvalue weighted by molar-refractivity contribution is 0.0561. The van der Waals surface area contributed by atoms with Gasteiger partial charge >= 0.3 is 6.09 Å². The topological polar surface area (TPSA) is 135 Å². The Labute approximate surface area is 223 Å². The second kappa shape index (κ2) is 11.5. The molecule has 0 aliphatic heterocycles. The molecule has 2 amide bonds. The summed E-state index contributed by atoms with van der Waals surface area (Å²) in [5, 5.41) is 18.9. The number of hydrogen-bond donors (Lipinski definition) is 3. The van der Waals surface area contributed by atoms with Gasteiger partial charge < -0.3 is 19.1 Å². The number of nitrogens with zero attached hydrogens (tertiary/aromatic N) is 2. The van der Waals surface area contributed by atoms with Crippen LogP contribution in [0.2, 0.25) is 10.0 Å². The number of guanidine groups is 1. The van der Waals surface area contributed by atoms with Gasteiger partial charge in [0.15, 0.2) is 5.75 Å². The molecule has 1 heterocycles. The number of hydrogen-bond acceptors (Lipinski definition) is 8. The van der Waals surface area contributed by atoms with Gasteiger partial charge in [-0.1, -0.05) is 28.4 Å². The normalized spacial score (nSPS) is 11.7. The zero-order valence-corrected chi connectivity index (χ0v) is 22.3. The van der Waals surface area contributed by atoms with Crippen molar-refractivity contribution < 1.29 is 28.7 Å². The smallest absolute Gasteiger partial charge is 0.414 e. The molecule has 1 aromatic heterocycles. The second-order valence-electron chi connectivity index (χ2n) is 8.84. The number of aryl methyl sites for hydroxylation is 1. The van der Waals surface area contributed by atoms with Gasteiger partial charge in [0.1, 0.15) is 28.4 Å². The van der Waals surface area contributed by atoms with Gasteiger partial charge in [-0.2, -0.15) is 0 Å². The fourth-order valence-electron chi connectivity index (χ4n) is 3.15. The first-order chi connectivity index (χ1) is 17.4. The zero-order chi connectivity index (χ0) is 27.3. The van der Waals surface area contributed by atoms with Crippen molar-refractivity contribution in [1.29, 1.82) is 0 Å². The monoisotopic (exact) mass is 548 g/mol. The summed E-state index contributed by atoms with van der Waals surface area (Å²) in [6, 6.07) is 9.85. The third-order valence-corrected chi connectivity index (χ3v) is 5.38. The standard InChI is InChI=1S/C25H26Cl2N4O6/c1-13-19(20(31-37-13)15-6-8-16(35-5)9-7-15)22(33)29-23(30-24(34)36-25(2,3)4)28-12-14-10-17(26)21(32)18(27)11-14/h6-11,32H,12H2,1-5H3,(H2,28,29,30,33,34). The molecule has 0 saturated carbocycles. The number of aliphatic imine (C=N–C) groups is 1. The summed E-state index contributed by atoms with van der Waals surface area (Å²) in [6.07, 6.45) is -0.828. The molecule has 12 heteroatoms. The summed E-state index contributed by atoms with van der Waals surface area (Å²) in [4.78, 5) is 30.0. The maximum absolute atomic E-state index is 13.3. The van der Waals surface area contributed by atoms with E-state index >= 15 is 0 Å². The molecule has 0 radical (unpaired) electrons. The van der Waals surface area contributed by atoms with E-state index in [9.17, 15) is 14.7 Å². The molecule has 3 rings (SSSR count). The van der Waals surface area contributed by atoms with Crippen molar-refractivity contribution in [3.05, 3.63) is 63.3 Å². The lowest BCUT2D eigenvalue weighted by Crippen LogP contribution is -2.46. The molecule has 0 bridgehead atoms. The van der Waals surface area contributed by atoms with Crippen molar-refractivity contribution in [3.63, 3.8) is 0 Å². The van der Waals surface area contributed by atoms with Gasteiger partial charge in [0.2, 0.25) is 5.96 Å². The number of methoxy groups -OCH3 is 1. The number of alkyl carbamates (subject to hydrolysis) is 1. The van der Waals surface area contributed by atoms with Crippen molar-refractivity contribution in [2.24, 2.45) is 4.99 Å². The second-order valence-corrected chi connectivity index (χ2v) is 9.66. The number of rotatable bonds is 5. The summed E-state index contributed by atoms with van der Waals surface area (Å²) in [5.41, 5.74) is 0.801. The fraction of sp³-hybridized carbons (Fsp3) is 0.280. The van der Waals surface area contributed by atoms with Crippen LogP contribution >= 0.6 is 23.2 Å². The first-order valence-electron chi connectivity index (χ1n) is 11.0. The average Bonchev–Trinajstić information content (AvgIpc) is 3.21. The highest BCUT2D eigenvalue weighted by atomic mass is 35.5. The Morgan fingerprint density at radius 3 is 2.30 bits per heavy atom. The highest BCUT2D eigenvalue weighted by Crippen LogP contribution is 2.33. The molecule has 0 spiro atoms. The van der Waals surface area contributed by atoms with Crippen molar-refractivity contribution in [1.82, 2.24) is 15.8 Å². The molecule has 10 nitrogen and oxygen atoms in total. The number of carbonyl (C=O) groups is 2. The molecule has 0 aliphatic rings. The molecule has 0 saturated heterocycles. The Bertz CT molecular complexity index is 1310. The number of carbonyl (C=O) groups excluding carboxylic acids is 2. The number of ether oxygens (including phenoxy) is 2. The first kappa shape index (κ1) is 27.8. The molecule has 3 N–H and O–H groups in total. The van der Waals surface area contributed by atoms with Crippen LogP contribution in [-0.4, -0.2) is 40.9 Å². The third kappa shape index (κ3) is 7.37. The molecule has 37 heavy (non-hydrogen) atoms. The number of halogens is 2. The van der Waals surface area contributed by atoms with Gasteiger partial charge in [0.25, 0.3) is 5.91 Å². The number of phenolic OH excluding ortho intramolecular Hbond substituents is 1. The van der Waals surface area contributed by atoms with E-state index in [-0.39, 0.29) is 39.6 Å². The van der Waals surface area contributed by atoms with Crippen LogP contribution in [0.15, 0.2) is 45.9 Å². The number of aromatic hydroxyl groups is 1. The zero-order valence-electron chi connectivity index (χ0n) is 20.8. The predicted molar refractivity (Wildman–Crippen MR) is 139 cm³/mol. The van der Waals surface area contributed by atoms with E-state index in [4.69, 9.17) is 37.2 Å². The van der Waals surface area contributed by atoms with E-state index in [0.29, 0.717) is 22.6 Å². The Hall–Kier alpha value is -3.76. The Balaban J connectivity index is 1.90. The van der Waals surface area contributed by atoms with E-state index in [1.165, 1.54) is 12.1 Å². The quantitative estimate of drug-likeness (QED) is 0.283. The van der Waals surface area contributed by atoms with Crippen molar-refractivity contribution in [2.75, 3.05) is 7.11 Å². The molecule has 0 unspecified atom stereocenters. The molecule has 196 valence electrons. The van der Waals surface area contributed by atoms with Crippen LogP contribution in [0.25, 0.3) is 11.3 Å². The summed E-state index contributed by atoms with van der Waals surface area (Å²) in [5.74, 6) is -0.176. The van der Waals surface area contributed by atoms with Gasteiger partial charge in [-0.25, -0.2) is 9.79 Å². The van der Waals surface area contributed by atoms with Crippen molar-refractivity contribution in [3.8, 4) is 22.8 Å². The summed E-state index contributed by atoms with van der Waals surface area (Å²) in [7, 11) is 1.55. The first-order valence-corrected chi connectivity index (χ1v) is 11.8. The molecule has 0 aliphatic carbocycles. The minimum absolute atomic E-state index is 0.0348. The van der Waals surface area contributed by atoms with Gasteiger partial charge in [-0.15, -0.1) is 0 Å². The summed E-state index contributed by atoms with van der Waals surface area (Å²) < 4.78 is 15.7. The van der Waals surface area contributed by atoms with Crippen LogP contribution in [0.1, 0.15) is 42.5 Å². The minimum Gasteiger partial charge on any atom is -0.505 e. The fourth-order valence-corrected chi connectivity index (χ4v) is 3.68. The molecule has 0 atom stereocenters. The van der Waals surface area contributed by atoms with E-state index in [1.54, 1.807) is 59.1 Å². The largest absolute Gasteiger partial charge is 0.505 e. The number of aromatic nitrogens is 1. The van der Waals surface area contributed by atoms with E-state index < -0.39 is 17.6 Å². The third-order valence-electron chi connectivity index (χ3n) is 4.80. The number of nitrogens with one attached hydrogen (secondary N) is 2. The molecular weight excluding hydrogens is 523 g/mol. The lowest BCUT2D eigenvalue weighted by Gasteiger charge is -2.20. The minimum atomic E-state index is -0.828. The maximum Gasteiger partial charge on any atom is 0.414 e. The van der Waals surface area contributed by atoms with Gasteiger partial charge in [0, 0.05) is 5.56 Å². The van der Waals surface area contributed by atoms with E-state index in [0.717, 1.165) is 0 Å². The summed E-state index contributed by atoms with van der Waals surface area (Å²) in [6.45, 7) is 6.64. The number of benzene rings is 2. The van der Waals surface area contributed by atoms with Gasteiger partial charge in [-0.05, 0) is 69.7 Å². The average molecular weight is 549 g/mol. The predicted octanol–water partition coefficient (Wildman–Crippen LogP) is 5.48. The Morgan fingerprint density at radius 2 is 1.73 bits per heavy atom. The van der Waals surface area contributed by atoms with Crippen LogP contribution in [-0.2, 0) is 11.3 Å². The Kier molecular flexibility index (Phi) is 8.67. The molecular formula is C25H26Cl2N4O6. The van der Waals surface area contributed by atoms with Crippen molar-refractivity contribution in [2.45, 2.75) is 39.8 Å². The molecule has 2 aromatic carbocycles. The van der Waals surface area contributed by atoms with Crippen LogP contribution in [0.5, 0.6) is 11.5 Å². The van der Waals surface area contributed by atoms with E-state index in [2.05, 4.69) is 20.8 Å². The van der Waals surface area contributed by atoms with Crippen molar-refractivity contribution >= 4 is 41.2 Å². The SMILES string of the molecule is COc1ccc(-c2noc(C)c2C(=O)NC(=NCc2cc(Cl)c(O)c(Cl)c2)NC(=O)OC(C)(C)C)cc1. The van der Waals surface area contributed by atoms with Gasteiger partial charge in [0.05, 0.1) is 23.7 Å². The Morgan fingerprint density at radius 1 is 1.11 bits per heavy atom. The van der Waals surface area contributed by atoms with Crippen LogP contribution in [0, 0.1) is 6.92 Å². The lowest BCUT2D eigenvalue weighted by atomic mass is 10.1. The maximum atomic E-state index is 13.3.